The first-order valence-corrected chi connectivity index (χ1v) is 7.20. The molecule has 19 heavy (non-hydrogen) atoms. The second-order valence-electron chi connectivity index (χ2n) is 3.83. The van der Waals surface area contributed by atoms with Crippen LogP contribution in [0.3, 0.4) is 0 Å². The van der Waals surface area contributed by atoms with Gasteiger partial charge in [0.15, 0.2) is 0 Å². The average molecular weight is 285 g/mol. The lowest BCUT2D eigenvalue weighted by molar-refractivity contribution is 0.269. The van der Waals surface area contributed by atoms with Crippen molar-refractivity contribution in [1.29, 1.82) is 0 Å². The molecule has 0 aromatic carbocycles. The molecule has 0 saturated carbocycles. The number of sulfonamides is 1. The van der Waals surface area contributed by atoms with Gasteiger partial charge in [-0.3, -0.25) is 9.36 Å². The van der Waals surface area contributed by atoms with Crippen molar-refractivity contribution >= 4 is 10.0 Å². The molecule has 0 bridgehead atoms. The molecular weight excluding hydrogens is 270 g/mol. The summed E-state index contributed by atoms with van der Waals surface area (Å²) in [5, 5.41) is 16.6. The van der Waals surface area contributed by atoms with Gasteiger partial charge < -0.3 is 5.11 Å². The van der Waals surface area contributed by atoms with Crippen LogP contribution < -0.4 is 4.72 Å². The molecule has 0 amide bonds. The lowest BCUT2D eigenvalue weighted by Gasteiger charge is -2.04. The van der Waals surface area contributed by atoms with Gasteiger partial charge in [0.1, 0.15) is 4.90 Å². The Morgan fingerprint density at radius 3 is 2.79 bits per heavy atom. The fraction of sp³-hybridized carbons (Fsp3) is 0.400. The Morgan fingerprint density at radius 1 is 1.26 bits per heavy atom. The van der Waals surface area contributed by atoms with Gasteiger partial charge in [-0.15, -0.1) is 0 Å². The van der Waals surface area contributed by atoms with E-state index in [2.05, 4.69) is 14.9 Å². The molecule has 2 aromatic heterocycles. The van der Waals surface area contributed by atoms with Gasteiger partial charge in [0.2, 0.25) is 10.0 Å². The summed E-state index contributed by atoms with van der Waals surface area (Å²) >= 11 is 0. The van der Waals surface area contributed by atoms with Gasteiger partial charge in [0.25, 0.3) is 0 Å². The lowest BCUT2D eigenvalue weighted by Crippen LogP contribution is -2.27. The smallest absolute Gasteiger partial charge is 0.243 e. The maximum Gasteiger partial charge on any atom is 0.243 e. The summed E-state index contributed by atoms with van der Waals surface area (Å²) in [6.07, 6.45) is 6.03. The highest BCUT2D eigenvalue weighted by atomic mass is 32.2. The van der Waals surface area contributed by atoms with Crippen molar-refractivity contribution in [3.63, 3.8) is 0 Å². The molecule has 0 aliphatic carbocycles. The Morgan fingerprint density at radius 2 is 2.11 bits per heavy atom. The van der Waals surface area contributed by atoms with Crippen LogP contribution in [0, 0.1) is 0 Å². The second-order valence-corrected chi connectivity index (χ2v) is 5.60. The summed E-state index contributed by atoms with van der Waals surface area (Å²) in [6.45, 7) is 0.878. The van der Waals surface area contributed by atoms with Crippen LogP contribution in [0.25, 0.3) is 0 Å². The van der Waals surface area contributed by atoms with E-state index in [0.29, 0.717) is 6.54 Å². The first kappa shape index (κ1) is 13.7. The number of hydrogen-bond acceptors (Lipinski definition) is 5. The van der Waals surface area contributed by atoms with Crippen LogP contribution >= 0.6 is 0 Å². The van der Waals surface area contributed by atoms with E-state index < -0.39 is 10.0 Å². The molecule has 104 valence electrons. The summed E-state index contributed by atoms with van der Waals surface area (Å²) in [4.78, 5) is 0.0846. The molecule has 9 heteroatoms. The normalized spacial score (nSPS) is 11.8. The first-order chi connectivity index (χ1) is 9.12. The molecule has 8 nitrogen and oxygen atoms in total. The zero-order valence-corrected chi connectivity index (χ0v) is 11.0. The number of rotatable bonds is 7. The third kappa shape index (κ3) is 3.63. The van der Waals surface area contributed by atoms with Gasteiger partial charge in [-0.2, -0.15) is 10.2 Å². The average Bonchev–Trinajstić information content (AvgIpc) is 3.00. The maximum atomic E-state index is 11.9. The minimum absolute atomic E-state index is 0.0846. The molecule has 0 radical (unpaired) electrons. The molecule has 0 aliphatic rings. The van der Waals surface area contributed by atoms with Gasteiger partial charge in [-0.25, -0.2) is 13.1 Å². The Labute approximate surface area is 110 Å². The van der Waals surface area contributed by atoms with Crippen LogP contribution in [0.4, 0.5) is 0 Å². The summed E-state index contributed by atoms with van der Waals surface area (Å²) in [5.41, 5.74) is 0. The van der Waals surface area contributed by atoms with Crippen LogP contribution in [-0.4, -0.2) is 46.2 Å². The molecule has 2 rings (SSSR count). The van der Waals surface area contributed by atoms with Crippen LogP contribution in [0.15, 0.2) is 35.7 Å². The molecule has 0 fully saturated rings. The van der Waals surface area contributed by atoms with Gasteiger partial charge in [0.05, 0.1) is 25.9 Å². The van der Waals surface area contributed by atoms with E-state index in [9.17, 15) is 8.42 Å². The number of aliphatic hydroxyl groups excluding tert-OH is 1. The third-order valence-electron chi connectivity index (χ3n) is 2.44. The van der Waals surface area contributed by atoms with Crippen molar-refractivity contribution in [2.24, 2.45) is 0 Å². The van der Waals surface area contributed by atoms with Gasteiger partial charge in [0, 0.05) is 25.1 Å². The predicted molar refractivity (Wildman–Crippen MR) is 66.7 cm³/mol. The number of aromatic nitrogens is 4. The SMILES string of the molecule is O=S(=O)(NCCn1cccn1)c1cnn(CCO)c1. The van der Waals surface area contributed by atoms with Gasteiger partial charge in [-0.1, -0.05) is 0 Å². The van der Waals surface area contributed by atoms with Gasteiger partial charge >= 0.3 is 0 Å². The fourth-order valence-corrected chi connectivity index (χ4v) is 2.49. The molecule has 2 heterocycles. The highest BCUT2D eigenvalue weighted by Crippen LogP contribution is 2.06. The fourth-order valence-electron chi connectivity index (χ4n) is 1.52. The largest absolute Gasteiger partial charge is 0.394 e. The molecule has 2 N–H and O–H groups in total. The van der Waals surface area contributed by atoms with E-state index in [0.717, 1.165) is 0 Å². The summed E-state index contributed by atoms with van der Waals surface area (Å²) in [7, 11) is -3.57. The van der Waals surface area contributed by atoms with Crippen LogP contribution in [0.1, 0.15) is 0 Å². The van der Waals surface area contributed by atoms with Crippen LogP contribution in [0.5, 0.6) is 0 Å². The molecule has 0 aliphatic heterocycles. The first-order valence-electron chi connectivity index (χ1n) is 5.72. The van der Waals surface area contributed by atoms with E-state index in [-0.39, 0.29) is 24.6 Å². The zero-order chi connectivity index (χ0) is 13.7. The summed E-state index contributed by atoms with van der Waals surface area (Å²) in [5.74, 6) is 0. The Hall–Kier alpha value is -1.71. The van der Waals surface area contributed by atoms with E-state index in [1.807, 2.05) is 0 Å². The van der Waals surface area contributed by atoms with Crippen molar-refractivity contribution < 1.29 is 13.5 Å². The number of nitrogens with zero attached hydrogens (tertiary/aromatic N) is 4. The minimum Gasteiger partial charge on any atom is -0.394 e. The minimum atomic E-state index is -3.57. The van der Waals surface area contributed by atoms with Crippen molar-refractivity contribution in [1.82, 2.24) is 24.3 Å². The molecule has 0 saturated heterocycles. The Balaban J connectivity index is 1.93. The molecule has 0 unspecified atom stereocenters. The quantitative estimate of drug-likeness (QED) is 0.683. The maximum absolute atomic E-state index is 11.9. The number of hydrogen-bond donors (Lipinski definition) is 2. The van der Waals surface area contributed by atoms with Crippen molar-refractivity contribution in [2.45, 2.75) is 18.0 Å². The third-order valence-corrected chi connectivity index (χ3v) is 3.86. The Kier molecular flexibility index (Phi) is 4.30. The highest BCUT2D eigenvalue weighted by Gasteiger charge is 2.15. The van der Waals surface area contributed by atoms with Crippen molar-refractivity contribution in [3.8, 4) is 0 Å². The molecule has 0 spiro atoms. The summed E-state index contributed by atoms with van der Waals surface area (Å²) in [6, 6.07) is 1.77. The van der Waals surface area contributed by atoms with Crippen molar-refractivity contribution in [3.05, 3.63) is 30.9 Å². The monoisotopic (exact) mass is 285 g/mol. The molecule has 0 atom stereocenters. The molecular formula is C10H15N5O3S. The van der Waals surface area contributed by atoms with E-state index in [4.69, 9.17) is 5.11 Å². The highest BCUT2D eigenvalue weighted by molar-refractivity contribution is 7.89. The van der Waals surface area contributed by atoms with E-state index in [1.54, 1.807) is 23.1 Å². The zero-order valence-electron chi connectivity index (χ0n) is 10.2. The van der Waals surface area contributed by atoms with Crippen LogP contribution in [0.2, 0.25) is 0 Å². The predicted octanol–water partition coefficient (Wildman–Crippen LogP) is -0.950. The second kappa shape index (κ2) is 5.95. The standard InChI is InChI=1S/C10H15N5O3S/c16-7-6-15-9-10(8-12-15)19(17,18)13-3-5-14-4-1-2-11-14/h1-2,4,8-9,13,16H,3,5-7H2. The van der Waals surface area contributed by atoms with Crippen LogP contribution in [-0.2, 0) is 23.1 Å². The summed E-state index contributed by atoms with van der Waals surface area (Å²) < 4.78 is 29.3. The number of nitrogens with one attached hydrogen (secondary N) is 1. The number of aliphatic hydroxyl groups is 1. The molecule has 2 aromatic rings. The topological polar surface area (TPSA) is 102 Å². The van der Waals surface area contributed by atoms with E-state index >= 15 is 0 Å². The lowest BCUT2D eigenvalue weighted by atomic mass is 10.6. The Bertz CT molecular complexity index is 605. The van der Waals surface area contributed by atoms with E-state index in [1.165, 1.54) is 17.1 Å². The van der Waals surface area contributed by atoms with Crippen molar-refractivity contribution in [2.75, 3.05) is 13.2 Å². The van der Waals surface area contributed by atoms with Gasteiger partial charge in [-0.05, 0) is 6.07 Å².